The summed E-state index contributed by atoms with van der Waals surface area (Å²) < 4.78 is 0.994. The molecule has 1 heterocycles. The fourth-order valence-electron chi connectivity index (χ4n) is 2.28. The van der Waals surface area contributed by atoms with Crippen LogP contribution < -0.4 is 5.73 Å². The number of phenolic OH excluding ortho intramolecular Hbond substituents is 1. The first-order chi connectivity index (χ1) is 10.2. The van der Waals surface area contributed by atoms with Gasteiger partial charge in [0.1, 0.15) is 10.8 Å². The number of rotatable bonds is 4. The summed E-state index contributed by atoms with van der Waals surface area (Å²) in [6, 6.07) is 11.4. The van der Waals surface area contributed by atoms with E-state index in [1.165, 1.54) is 5.56 Å². The van der Waals surface area contributed by atoms with Crippen LogP contribution in [0.4, 0.5) is 5.69 Å². The summed E-state index contributed by atoms with van der Waals surface area (Å²) in [5, 5.41) is 10.5. The number of aromatic hydroxyl groups is 1. The minimum atomic E-state index is 0.274. The fraction of sp³-hybridized carbons (Fsp3) is 0.188. The molecule has 5 heteroatoms. The zero-order valence-corrected chi connectivity index (χ0v) is 13.5. The summed E-state index contributed by atoms with van der Waals surface area (Å²) in [4.78, 5) is 4.64. The number of aryl methyl sites for hydroxylation is 1. The van der Waals surface area contributed by atoms with Crippen molar-refractivity contribution in [1.29, 1.82) is 0 Å². The van der Waals surface area contributed by atoms with Gasteiger partial charge in [0.25, 0.3) is 0 Å². The third-order valence-electron chi connectivity index (χ3n) is 3.41. The van der Waals surface area contributed by atoms with Crippen LogP contribution in [-0.4, -0.2) is 16.3 Å². The Hall–Kier alpha value is -1.64. The lowest BCUT2D eigenvalue weighted by Gasteiger charge is -2.06. The van der Waals surface area contributed by atoms with Crippen LogP contribution in [0.1, 0.15) is 12.0 Å². The van der Waals surface area contributed by atoms with Crippen molar-refractivity contribution >= 4 is 36.5 Å². The number of phenols is 1. The molecule has 108 valence electrons. The minimum absolute atomic E-state index is 0.274. The Balaban J connectivity index is 2.01. The molecule has 2 aromatic carbocycles. The van der Waals surface area contributed by atoms with E-state index in [0.717, 1.165) is 45.5 Å². The van der Waals surface area contributed by atoms with Crippen molar-refractivity contribution in [2.75, 3.05) is 11.9 Å². The zero-order valence-electron chi connectivity index (χ0n) is 11.5. The van der Waals surface area contributed by atoms with Gasteiger partial charge in [0.05, 0.1) is 10.2 Å². The third-order valence-corrected chi connectivity index (χ3v) is 4.89. The SMILES string of the molecule is Nc1ccc(-c2nc3ccc(O)cc3s2)cc1CCCP. The number of fused-ring (bicyclic) bond motifs is 1. The third kappa shape index (κ3) is 3.02. The second-order valence-electron chi connectivity index (χ2n) is 4.98. The van der Waals surface area contributed by atoms with Gasteiger partial charge in [0.15, 0.2) is 0 Å². The smallest absolute Gasteiger partial charge is 0.124 e. The summed E-state index contributed by atoms with van der Waals surface area (Å²) in [6.45, 7) is 0. The number of nitrogen functional groups attached to an aromatic ring is 1. The molecule has 3 aromatic rings. The van der Waals surface area contributed by atoms with E-state index in [4.69, 9.17) is 5.73 Å². The van der Waals surface area contributed by atoms with Gasteiger partial charge in [0, 0.05) is 11.3 Å². The van der Waals surface area contributed by atoms with Crippen LogP contribution in [0.25, 0.3) is 20.8 Å². The Kier molecular flexibility index (Phi) is 4.09. The summed E-state index contributed by atoms with van der Waals surface area (Å²) in [7, 11) is 2.74. The first kappa shape index (κ1) is 14.3. The standard InChI is InChI=1S/C16H17N2OPS/c17-13-5-3-11(8-10(13)2-1-7-20)16-18-14-6-4-12(19)9-15(14)21-16/h3-6,8-9,19H,1-2,7,17,20H2. The maximum atomic E-state index is 9.55. The van der Waals surface area contributed by atoms with Crippen molar-refractivity contribution in [3.8, 4) is 16.3 Å². The molecule has 0 aliphatic heterocycles. The molecule has 21 heavy (non-hydrogen) atoms. The summed E-state index contributed by atoms with van der Waals surface area (Å²) >= 11 is 1.59. The predicted octanol–water partition coefficient (Wildman–Crippen LogP) is 4.06. The molecule has 0 radical (unpaired) electrons. The number of nitrogens with two attached hydrogens (primary N) is 1. The van der Waals surface area contributed by atoms with E-state index in [-0.39, 0.29) is 5.75 Å². The molecule has 0 amide bonds. The molecule has 1 unspecified atom stereocenters. The average Bonchev–Trinajstić information content (AvgIpc) is 2.89. The number of hydrogen-bond donors (Lipinski definition) is 2. The molecule has 0 saturated heterocycles. The molecule has 0 aliphatic carbocycles. The number of aromatic nitrogens is 1. The Bertz CT molecular complexity index is 785. The van der Waals surface area contributed by atoms with E-state index < -0.39 is 0 Å². The van der Waals surface area contributed by atoms with Crippen LogP contribution in [-0.2, 0) is 6.42 Å². The van der Waals surface area contributed by atoms with Crippen LogP contribution in [0.5, 0.6) is 5.75 Å². The molecule has 1 atom stereocenters. The molecular formula is C16H17N2OPS. The highest BCUT2D eigenvalue weighted by Gasteiger charge is 2.09. The van der Waals surface area contributed by atoms with Gasteiger partial charge in [-0.3, -0.25) is 0 Å². The minimum Gasteiger partial charge on any atom is -0.508 e. The van der Waals surface area contributed by atoms with Gasteiger partial charge in [0.2, 0.25) is 0 Å². The lowest BCUT2D eigenvalue weighted by molar-refractivity contribution is 0.476. The largest absolute Gasteiger partial charge is 0.508 e. The second kappa shape index (κ2) is 6.00. The highest BCUT2D eigenvalue weighted by Crippen LogP contribution is 2.33. The number of anilines is 1. The van der Waals surface area contributed by atoms with E-state index in [2.05, 4.69) is 20.3 Å². The second-order valence-corrected chi connectivity index (χ2v) is 6.58. The Morgan fingerprint density at radius 2 is 2.05 bits per heavy atom. The molecule has 0 bridgehead atoms. The van der Waals surface area contributed by atoms with Crippen LogP contribution in [0.2, 0.25) is 0 Å². The van der Waals surface area contributed by atoms with Crippen molar-refractivity contribution in [1.82, 2.24) is 4.98 Å². The molecule has 0 spiro atoms. The Morgan fingerprint density at radius 1 is 1.19 bits per heavy atom. The van der Waals surface area contributed by atoms with Gasteiger partial charge >= 0.3 is 0 Å². The van der Waals surface area contributed by atoms with Crippen molar-refractivity contribution in [2.24, 2.45) is 0 Å². The van der Waals surface area contributed by atoms with Crippen LogP contribution in [0.3, 0.4) is 0 Å². The normalized spacial score (nSPS) is 11.1. The van der Waals surface area contributed by atoms with E-state index in [1.54, 1.807) is 23.5 Å². The molecule has 0 aliphatic rings. The van der Waals surface area contributed by atoms with Crippen LogP contribution in [0.15, 0.2) is 36.4 Å². The van der Waals surface area contributed by atoms with E-state index >= 15 is 0 Å². The first-order valence-electron chi connectivity index (χ1n) is 6.86. The van der Waals surface area contributed by atoms with Gasteiger partial charge in [-0.15, -0.1) is 20.6 Å². The van der Waals surface area contributed by atoms with E-state index in [0.29, 0.717) is 0 Å². The summed E-state index contributed by atoms with van der Waals surface area (Å²) in [5.74, 6) is 0.274. The Labute approximate surface area is 130 Å². The average molecular weight is 316 g/mol. The molecule has 0 saturated carbocycles. The maximum absolute atomic E-state index is 9.55. The van der Waals surface area contributed by atoms with Crippen LogP contribution >= 0.6 is 20.6 Å². The highest BCUT2D eigenvalue weighted by molar-refractivity contribution is 7.21. The van der Waals surface area contributed by atoms with Crippen molar-refractivity contribution in [3.05, 3.63) is 42.0 Å². The van der Waals surface area contributed by atoms with Gasteiger partial charge < -0.3 is 10.8 Å². The number of benzene rings is 2. The monoisotopic (exact) mass is 316 g/mol. The number of nitrogens with zero attached hydrogens (tertiary/aromatic N) is 1. The topological polar surface area (TPSA) is 59.1 Å². The number of hydrogen-bond acceptors (Lipinski definition) is 4. The van der Waals surface area contributed by atoms with Crippen molar-refractivity contribution in [2.45, 2.75) is 12.8 Å². The molecule has 3 N–H and O–H groups in total. The van der Waals surface area contributed by atoms with E-state index in [1.807, 2.05) is 18.2 Å². The molecular weight excluding hydrogens is 299 g/mol. The molecule has 1 aromatic heterocycles. The van der Waals surface area contributed by atoms with Gasteiger partial charge in [-0.1, -0.05) is 0 Å². The highest BCUT2D eigenvalue weighted by atomic mass is 32.1. The fourth-order valence-corrected chi connectivity index (χ4v) is 3.48. The lowest BCUT2D eigenvalue weighted by atomic mass is 10.0. The van der Waals surface area contributed by atoms with Gasteiger partial charge in [-0.2, -0.15) is 0 Å². The zero-order chi connectivity index (χ0) is 14.8. The molecule has 3 nitrogen and oxygen atoms in total. The van der Waals surface area contributed by atoms with E-state index in [9.17, 15) is 5.11 Å². The molecule has 0 fully saturated rings. The predicted molar refractivity (Wildman–Crippen MR) is 94.0 cm³/mol. The number of thiazole rings is 1. The summed E-state index contributed by atoms with van der Waals surface area (Å²) in [6.07, 6.45) is 3.16. The van der Waals surface area contributed by atoms with Gasteiger partial charge in [-0.25, -0.2) is 4.98 Å². The molecule has 3 rings (SSSR count). The van der Waals surface area contributed by atoms with Crippen molar-refractivity contribution in [3.63, 3.8) is 0 Å². The lowest BCUT2D eigenvalue weighted by Crippen LogP contribution is -1.95. The quantitative estimate of drug-likeness (QED) is 0.564. The van der Waals surface area contributed by atoms with Crippen molar-refractivity contribution < 1.29 is 5.11 Å². The summed E-state index contributed by atoms with van der Waals surface area (Å²) in [5.41, 5.74) is 10.1. The van der Waals surface area contributed by atoms with Crippen LogP contribution in [0, 0.1) is 0 Å². The van der Waals surface area contributed by atoms with Gasteiger partial charge in [-0.05, 0) is 61.0 Å². The maximum Gasteiger partial charge on any atom is 0.124 e. The first-order valence-corrected chi connectivity index (χ1v) is 8.49. The Morgan fingerprint density at radius 3 is 2.86 bits per heavy atom.